The Labute approximate surface area is 134 Å². The standard InChI is InChI=1S/C15H25N3O2.C2H6/c1-11-10-18(16-12(11)2)13-6-8-17(9-7-13)14(19)20-15(3,4)5;1-2/h10,13H,6-9H2,1-5H3;1-2H3. The van der Waals surface area contributed by atoms with E-state index in [2.05, 4.69) is 22.9 Å². The first-order chi connectivity index (χ1) is 10.3. The van der Waals surface area contributed by atoms with E-state index in [1.807, 2.05) is 41.5 Å². The third kappa shape index (κ3) is 5.04. The minimum Gasteiger partial charge on any atom is -0.444 e. The van der Waals surface area contributed by atoms with Crippen molar-refractivity contribution in [3.8, 4) is 0 Å². The number of ether oxygens (including phenoxy) is 1. The second-order valence-corrected chi connectivity index (χ2v) is 6.58. The number of aromatic nitrogens is 2. The summed E-state index contributed by atoms with van der Waals surface area (Å²) in [5.41, 5.74) is 1.88. The Morgan fingerprint density at radius 2 is 1.77 bits per heavy atom. The first kappa shape index (κ1) is 18.5. The van der Waals surface area contributed by atoms with Crippen LogP contribution in [0.4, 0.5) is 4.79 Å². The van der Waals surface area contributed by atoms with Gasteiger partial charge in [0.05, 0.1) is 11.7 Å². The molecule has 0 unspecified atom stereocenters. The van der Waals surface area contributed by atoms with Gasteiger partial charge in [0.25, 0.3) is 0 Å². The van der Waals surface area contributed by atoms with Crippen LogP contribution in [0.3, 0.4) is 0 Å². The zero-order chi connectivity index (χ0) is 16.9. The Morgan fingerprint density at radius 3 is 2.18 bits per heavy atom. The fraction of sp³-hybridized carbons (Fsp3) is 0.765. The molecule has 2 rings (SSSR count). The number of carbonyl (C=O) groups is 1. The van der Waals surface area contributed by atoms with Crippen molar-refractivity contribution in [3.63, 3.8) is 0 Å². The quantitative estimate of drug-likeness (QED) is 0.784. The summed E-state index contributed by atoms with van der Waals surface area (Å²) >= 11 is 0. The summed E-state index contributed by atoms with van der Waals surface area (Å²) in [6.45, 7) is 15.3. The van der Waals surface area contributed by atoms with Crippen molar-refractivity contribution in [1.29, 1.82) is 0 Å². The van der Waals surface area contributed by atoms with E-state index in [-0.39, 0.29) is 6.09 Å². The first-order valence-electron chi connectivity index (χ1n) is 8.26. The van der Waals surface area contributed by atoms with Crippen LogP contribution in [0, 0.1) is 13.8 Å². The molecule has 126 valence electrons. The molecule has 0 saturated carbocycles. The van der Waals surface area contributed by atoms with E-state index in [0.29, 0.717) is 6.04 Å². The first-order valence-corrected chi connectivity index (χ1v) is 8.26. The van der Waals surface area contributed by atoms with E-state index >= 15 is 0 Å². The van der Waals surface area contributed by atoms with Crippen molar-refractivity contribution in [3.05, 3.63) is 17.5 Å². The molecule has 1 aromatic heterocycles. The van der Waals surface area contributed by atoms with Gasteiger partial charge in [-0.2, -0.15) is 5.10 Å². The van der Waals surface area contributed by atoms with Gasteiger partial charge in [-0.25, -0.2) is 4.79 Å². The second-order valence-electron chi connectivity index (χ2n) is 6.58. The van der Waals surface area contributed by atoms with Crippen molar-refractivity contribution in [2.24, 2.45) is 0 Å². The Kier molecular flexibility index (Phi) is 6.45. The number of aryl methyl sites for hydroxylation is 2. The van der Waals surface area contributed by atoms with Crippen molar-refractivity contribution in [2.45, 2.75) is 73.0 Å². The number of likely N-dealkylation sites (tertiary alicyclic amines) is 1. The monoisotopic (exact) mass is 309 g/mol. The van der Waals surface area contributed by atoms with Gasteiger partial charge >= 0.3 is 6.09 Å². The summed E-state index contributed by atoms with van der Waals surface area (Å²) in [7, 11) is 0. The van der Waals surface area contributed by atoms with E-state index in [1.54, 1.807) is 4.90 Å². The molecule has 0 N–H and O–H groups in total. The van der Waals surface area contributed by atoms with Gasteiger partial charge in [-0.05, 0) is 53.0 Å². The number of amides is 1. The zero-order valence-corrected chi connectivity index (χ0v) is 15.1. The van der Waals surface area contributed by atoms with E-state index in [1.165, 1.54) is 5.56 Å². The highest BCUT2D eigenvalue weighted by Gasteiger charge is 2.27. The Balaban J connectivity index is 0.00000116. The molecular formula is C17H31N3O2. The number of hydrogen-bond acceptors (Lipinski definition) is 3. The van der Waals surface area contributed by atoms with E-state index in [0.717, 1.165) is 31.6 Å². The molecule has 1 aromatic rings. The van der Waals surface area contributed by atoms with Crippen LogP contribution >= 0.6 is 0 Å². The van der Waals surface area contributed by atoms with Gasteiger partial charge in [0.1, 0.15) is 5.60 Å². The van der Waals surface area contributed by atoms with Gasteiger partial charge in [-0.15, -0.1) is 0 Å². The van der Waals surface area contributed by atoms with Gasteiger partial charge < -0.3 is 9.64 Å². The molecule has 22 heavy (non-hydrogen) atoms. The maximum Gasteiger partial charge on any atom is 0.410 e. The molecule has 5 heteroatoms. The maximum absolute atomic E-state index is 12.0. The molecule has 0 radical (unpaired) electrons. The molecule has 1 saturated heterocycles. The van der Waals surface area contributed by atoms with Crippen LogP contribution in [0.25, 0.3) is 0 Å². The summed E-state index contributed by atoms with van der Waals surface area (Å²) < 4.78 is 7.46. The summed E-state index contributed by atoms with van der Waals surface area (Å²) in [5.74, 6) is 0. The smallest absolute Gasteiger partial charge is 0.410 e. The largest absolute Gasteiger partial charge is 0.444 e. The molecule has 1 amide bonds. The SMILES string of the molecule is CC.Cc1cn(C2CCN(C(=O)OC(C)(C)C)CC2)nc1C. The minimum atomic E-state index is -0.426. The van der Waals surface area contributed by atoms with Gasteiger partial charge in [-0.3, -0.25) is 4.68 Å². The van der Waals surface area contributed by atoms with E-state index in [9.17, 15) is 4.79 Å². The lowest BCUT2D eigenvalue weighted by Crippen LogP contribution is -2.42. The van der Waals surface area contributed by atoms with Crippen molar-refractivity contribution in [1.82, 2.24) is 14.7 Å². The third-order valence-corrected chi connectivity index (χ3v) is 3.65. The highest BCUT2D eigenvalue weighted by atomic mass is 16.6. The van der Waals surface area contributed by atoms with Crippen molar-refractivity contribution in [2.75, 3.05) is 13.1 Å². The maximum atomic E-state index is 12.0. The minimum absolute atomic E-state index is 0.205. The third-order valence-electron chi connectivity index (χ3n) is 3.65. The Morgan fingerprint density at radius 1 is 1.23 bits per heavy atom. The number of rotatable bonds is 1. The lowest BCUT2D eigenvalue weighted by atomic mass is 10.1. The molecular weight excluding hydrogens is 278 g/mol. The molecule has 1 aliphatic heterocycles. The Bertz CT molecular complexity index is 461. The van der Waals surface area contributed by atoms with Crippen LogP contribution in [0.1, 0.15) is 64.8 Å². The Hall–Kier alpha value is -1.52. The fourth-order valence-corrected chi connectivity index (χ4v) is 2.40. The van der Waals surface area contributed by atoms with Crippen LogP contribution in [-0.2, 0) is 4.74 Å². The fourth-order valence-electron chi connectivity index (χ4n) is 2.40. The van der Waals surface area contributed by atoms with Crippen molar-refractivity contribution >= 4 is 6.09 Å². The average molecular weight is 309 g/mol. The number of hydrogen-bond donors (Lipinski definition) is 0. The highest BCUT2D eigenvalue weighted by molar-refractivity contribution is 5.68. The average Bonchev–Trinajstić information content (AvgIpc) is 2.79. The van der Waals surface area contributed by atoms with E-state index in [4.69, 9.17) is 4.74 Å². The van der Waals surface area contributed by atoms with Crippen LogP contribution < -0.4 is 0 Å². The highest BCUT2D eigenvalue weighted by Crippen LogP contribution is 2.24. The molecule has 0 aromatic carbocycles. The lowest BCUT2D eigenvalue weighted by Gasteiger charge is -2.33. The zero-order valence-electron chi connectivity index (χ0n) is 15.1. The number of piperidine rings is 1. The van der Waals surface area contributed by atoms with Crippen LogP contribution in [-0.4, -0.2) is 39.5 Å². The molecule has 0 atom stereocenters. The predicted molar refractivity (Wildman–Crippen MR) is 89.1 cm³/mol. The van der Waals surface area contributed by atoms with Gasteiger partial charge in [0, 0.05) is 19.3 Å². The molecule has 5 nitrogen and oxygen atoms in total. The summed E-state index contributed by atoms with van der Waals surface area (Å²) in [6.07, 6.45) is 3.76. The summed E-state index contributed by atoms with van der Waals surface area (Å²) in [4.78, 5) is 13.8. The summed E-state index contributed by atoms with van der Waals surface area (Å²) in [5, 5.41) is 4.55. The number of carbonyl (C=O) groups excluding carboxylic acids is 1. The summed E-state index contributed by atoms with van der Waals surface area (Å²) in [6, 6.07) is 0.390. The normalized spacial score (nSPS) is 16.0. The molecule has 1 fully saturated rings. The van der Waals surface area contributed by atoms with Gasteiger partial charge in [0.2, 0.25) is 0 Å². The second kappa shape index (κ2) is 7.65. The topological polar surface area (TPSA) is 47.4 Å². The molecule has 0 bridgehead atoms. The number of nitrogens with zero attached hydrogens (tertiary/aromatic N) is 3. The molecule has 1 aliphatic rings. The van der Waals surface area contributed by atoms with Crippen LogP contribution in [0.2, 0.25) is 0 Å². The predicted octanol–water partition coefficient (Wildman–Crippen LogP) is 4.10. The molecule has 0 spiro atoms. The molecule has 2 heterocycles. The van der Waals surface area contributed by atoms with Crippen LogP contribution in [0.5, 0.6) is 0 Å². The lowest BCUT2D eigenvalue weighted by molar-refractivity contribution is 0.0184. The molecule has 0 aliphatic carbocycles. The van der Waals surface area contributed by atoms with Gasteiger partial charge in [-0.1, -0.05) is 13.8 Å². The van der Waals surface area contributed by atoms with E-state index < -0.39 is 5.60 Å². The van der Waals surface area contributed by atoms with Crippen molar-refractivity contribution < 1.29 is 9.53 Å². The van der Waals surface area contributed by atoms with Crippen LogP contribution in [0.15, 0.2) is 6.20 Å². The van der Waals surface area contributed by atoms with Gasteiger partial charge in [0.15, 0.2) is 0 Å².